The van der Waals surface area contributed by atoms with Crippen LogP contribution in [0.4, 0.5) is 0 Å². The Morgan fingerprint density at radius 3 is 2.62 bits per heavy atom. The number of aliphatic hydroxyl groups excluding tert-OH is 1. The molecule has 1 atom stereocenters. The van der Waals surface area contributed by atoms with E-state index in [1.165, 1.54) is 11.8 Å². The molecular weight excluding hydrogens is 442 g/mol. The highest BCUT2D eigenvalue weighted by Gasteiger charge is 2.30. The monoisotopic (exact) mass is 445 g/mol. The first kappa shape index (κ1) is 13.3. The van der Waals surface area contributed by atoms with Crippen LogP contribution in [-0.4, -0.2) is 17.7 Å². The summed E-state index contributed by atoms with van der Waals surface area (Å²) < 4.78 is 1.29. The van der Waals surface area contributed by atoms with E-state index in [2.05, 4.69) is 52.8 Å². The maximum atomic E-state index is 9.85. The summed E-state index contributed by atoms with van der Waals surface area (Å²) in [5.74, 6) is 0. The van der Waals surface area contributed by atoms with Crippen LogP contribution in [-0.2, 0) is 0 Å². The maximum Gasteiger partial charge on any atom is 0.170 e. The van der Waals surface area contributed by atoms with Gasteiger partial charge in [0.05, 0.1) is 10.2 Å². The van der Waals surface area contributed by atoms with E-state index in [9.17, 15) is 5.11 Å². The summed E-state index contributed by atoms with van der Waals surface area (Å²) in [6, 6.07) is 7.92. The van der Waals surface area contributed by atoms with Crippen molar-refractivity contribution < 1.29 is 5.11 Å². The van der Waals surface area contributed by atoms with Crippen molar-refractivity contribution in [2.24, 2.45) is 0 Å². The molecule has 0 spiro atoms. The van der Waals surface area contributed by atoms with Gasteiger partial charge in [-0.2, -0.15) is 0 Å². The molecule has 0 saturated heterocycles. The van der Waals surface area contributed by atoms with Crippen LogP contribution in [0.1, 0.15) is 0 Å². The summed E-state index contributed by atoms with van der Waals surface area (Å²) in [5, 5.41) is 9.85. The number of aliphatic hydroxyl groups is 1. The number of halogens is 3. The van der Waals surface area contributed by atoms with Gasteiger partial charge in [-0.05, 0) is 12.1 Å². The Balaban J connectivity index is 2.22. The number of rotatable bonds is 2. The largest absolute Gasteiger partial charge is 0.379 e. The first-order valence-electron chi connectivity index (χ1n) is 4.24. The summed E-state index contributed by atoms with van der Waals surface area (Å²) in [7, 11) is 0. The van der Waals surface area contributed by atoms with Gasteiger partial charge >= 0.3 is 0 Å². The number of fused-ring (bicyclic) bond motifs is 1. The van der Waals surface area contributed by atoms with Crippen LogP contribution in [0.5, 0.6) is 0 Å². The number of thioether (sulfide) groups is 1. The van der Waals surface area contributed by atoms with Gasteiger partial charge in [0.2, 0.25) is 0 Å². The fraction of sp³-hybridized carbons (Fsp3) is 0.222. The van der Waals surface area contributed by atoms with Crippen LogP contribution in [0, 0.1) is 0 Å². The highest BCUT2D eigenvalue weighted by Crippen LogP contribution is 2.45. The summed E-state index contributed by atoms with van der Waals surface area (Å²) >= 11 is 12.7. The summed E-state index contributed by atoms with van der Waals surface area (Å²) in [5.41, 5.74) is 0.291. The first-order valence-corrected chi connectivity index (χ1v) is 8.31. The van der Waals surface area contributed by atoms with E-state index in [0.29, 0.717) is 0 Å². The van der Waals surface area contributed by atoms with Gasteiger partial charge in [0, 0.05) is 0 Å². The van der Waals surface area contributed by atoms with E-state index in [1.807, 2.05) is 24.3 Å². The second-order valence-electron chi connectivity index (χ2n) is 2.96. The zero-order chi connectivity index (χ0) is 11.8. The number of nitrogens with zero attached hydrogens (tertiary/aromatic N) is 1. The summed E-state index contributed by atoms with van der Waals surface area (Å²) in [6.45, 7) is 0. The molecule has 0 radical (unpaired) electrons. The topological polar surface area (TPSA) is 33.1 Å². The number of hydrogen-bond donors (Lipinski definition) is 1. The van der Waals surface area contributed by atoms with Crippen molar-refractivity contribution in [2.75, 3.05) is 0 Å². The Hall–Kier alpha value is 0.860. The molecule has 2 nitrogen and oxygen atoms in total. The number of thiazole rings is 1. The number of hydrogen-bond acceptors (Lipinski definition) is 4. The van der Waals surface area contributed by atoms with E-state index in [0.717, 1.165) is 14.6 Å². The van der Waals surface area contributed by atoms with Crippen molar-refractivity contribution in [3.8, 4) is 0 Å². The van der Waals surface area contributed by atoms with Crippen LogP contribution in [0.2, 0.25) is 0 Å². The third-order valence-electron chi connectivity index (χ3n) is 1.77. The Morgan fingerprint density at radius 1 is 1.31 bits per heavy atom. The van der Waals surface area contributed by atoms with Crippen LogP contribution in [0.25, 0.3) is 10.2 Å². The number of benzene rings is 1. The summed E-state index contributed by atoms with van der Waals surface area (Å²) in [4.78, 5) is 4.43. The van der Waals surface area contributed by atoms with Crippen molar-refractivity contribution in [1.82, 2.24) is 4.98 Å². The minimum absolute atomic E-state index is 0.673. The molecule has 0 fully saturated rings. The zero-order valence-corrected chi connectivity index (χ0v) is 14.1. The Kier molecular flexibility index (Phi) is 4.35. The molecule has 1 N–H and O–H groups in total. The van der Waals surface area contributed by atoms with Crippen LogP contribution < -0.4 is 0 Å². The van der Waals surface area contributed by atoms with Gasteiger partial charge in [0.25, 0.3) is 0 Å². The molecule has 16 heavy (non-hydrogen) atoms. The molecule has 2 aromatic rings. The molecule has 0 aliphatic carbocycles. The smallest absolute Gasteiger partial charge is 0.170 e. The molecule has 0 aliphatic rings. The van der Waals surface area contributed by atoms with Crippen LogP contribution >= 0.6 is 70.9 Å². The SMILES string of the molecule is OC(Sc1nc2ccccc2s1)C(Br)(Br)Br. The lowest BCUT2D eigenvalue weighted by atomic mass is 10.3. The molecule has 2 rings (SSSR count). The van der Waals surface area contributed by atoms with Crippen molar-refractivity contribution >= 4 is 81.1 Å². The van der Waals surface area contributed by atoms with Gasteiger partial charge < -0.3 is 5.11 Å². The molecule has 0 amide bonds. The van der Waals surface area contributed by atoms with Crippen molar-refractivity contribution in [1.29, 1.82) is 0 Å². The van der Waals surface area contributed by atoms with E-state index >= 15 is 0 Å². The quantitative estimate of drug-likeness (QED) is 0.416. The van der Waals surface area contributed by atoms with E-state index in [1.54, 1.807) is 11.3 Å². The predicted molar refractivity (Wildman–Crippen MR) is 81.0 cm³/mol. The van der Waals surface area contributed by atoms with E-state index in [4.69, 9.17) is 0 Å². The van der Waals surface area contributed by atoms with Gasteiger partial charge in [-0.3, -0.25) is 0 Å². The zero-order valence-electron chi connectivity index (χ0n) is 7.73. The van der Waals surface area contributed by atoms with Gasteiger partial charge in [-0.25, -0.2) is 4.98 Å². The van der Waals surface area contributed by atoms with Crippen LogP contribution in [0.15, 0.2) is 28.6 Å². The molecule has 0 saturated carbocycles. The average Bonchev–Trinajstić information content (AvgIpc) is 2.58. The standard InChI is InChI=1S/C9H6Br3NOS2/c10-9(11,12)7(14)16-8-13-5-3-1-2-4-6(5)15-8/h1-4,7,14H. The second kappa shape index (κ2) is 5.24. The van der Waals surface area contributed by atoms with E-state index in [-0.39, 0.29) is 0 Å². The highest BCUT2D eigenvalue weighted by molar-refractivity contribution is 9.39. The number of alkyl halides is 3. The molecule has 7 heteroatoms. The summed E-state index contributed by atoms with van der Waals surface area (Å²) in [6.07, 6.45) is 0. The van der Waals surface area contributed by atoms with Gasteiger partial charge in [0.15, 0.2) is 6.48 Å². The lowest BCUT2D eigenvalue weighted by molar-refractivity contribution is 0.278. The van der Waals surface area contributed by atoms with Crippen LogP contribution in [0.3, 0.4) is 0 Å². The first-order chi connectivity index (χ1) is 7.47. The molecule has 0 bridgehead atoms. The molecule has 1 heterocycles. The van der Waals surface area contributed by atoms with Crippen molar-refractivity contribution in [3.05, 3.63) is 24.3 Å². The normalized spacial score (nSPS) is 14.2. The van der Waals surface area contributed by atoms with Gasteiger partial charge in [-0.15, -0.1) is 11.3 Å². The Morgan fingerprint density at radius 2 is 2.00 bits per heavy atom. The minimum atomic E-state index is -0.685. The van der Waals surface area contributed by atoms with Crippen molar-refractivity contribution in [3.63, 3.8) is 0 Å². The lowest BCUT2D eigenvalue weighted by Gasteiger charge is -2.17. The average molecular weight is 448 g/mol. The highest BCUT2D eigenvalue weighted by atomic mass is 80.0. The Labute approximate surface area is 126 Å². The third kappa shape index (κ3) is 3.20. The molecular formula is C9H6Br3NOS2. The fourth-order valence-corrected chi connectivity index (χ4v) is 3.81. The second-order valence-corrected chi connectivity index (χ2v) is 12.3. The van der Waals surface area contributed by atoms with Gasteiger partial charge in [0.1, 0.15) is 5.44 Å². The third-order valence-corrected chi connectivity index (χ3v) is 6.22. The molecule has 1 unspecified atom stereocenters. The minimum Gasteiger partial charge on any atom is -0.379 e. The van der Waals surface area contributed by atoms with E-state index < -0.39 is 7.58 Å². The molecule has 1 aromatic carbocycles. The predicted octanol–water partition coefficient (Wildman–Crippen LogP) is 4.55. The van der Waals surface area contributed by atoms with Gasteiger partial charge in [-0.1, -0.05) is 71.7 Å². The molecule has 0 aliphatic heterocycles. The van der Waals surface area contributed by atoms with Crippen molar-refractivity contribution in [2.45, 2.75) is 11.9 Å². The fourth-order valence-electron chi connectivity index (χ4n) is 1.06. The molecule has 86 valence electrons. The lowest BCUT2D eigenvalue weighted by Crippen LogP contribution is -2.18. The Bertz CT molecular complexity index is 464. The number of para-hydroxylation sites is 1. The number of aromatic nitrogens is 1. The molecule has 1 aromatic heterocycles. The maximum absolute atomic E-state index is 9.85.